The number of amides is 1. The minimum atomic E-state index is -1.09. The number of aryl methyl sites for hydroxylation is 2. The van der Waals surface area contributed by atoms with E-state index in [0.717, 1.165) is 50.2 Å². The fraction of sp³-hybridized carbons (Fsp3) is 0.607. The second kappa shape index (κ2) is 13.7. The van der Waals surface area contributed by atoms with E-state index in [4.69, 9.17) is 9.72 Å². The predicted molar refractivity (Wildman–Crippen MR) is 144 cm³/mol. The van der Waals surface area contributed by atoms with Crippen molar-refractivity contribution < 1.29 is 23.8 Å². The molecule has 0 aromatic carbocycles. The SMILES string of the molecule is COC(CF)CN(CCCCc1ccc2c(n1)NCCC2)CCC(NC(=O)C1(c2cncnc2)CC1)C(=O)O. The van der Waals surface area contributed by atoms with Gasteiger partial charge in [0.25, 0.3) is 0 Å². The number of carboxylic acids is 1. The van der Waals surface area contributed by atoms with Crippen LogP contribution in [0.1, 0.15) is 55.3 Å². The molecule has 0 spiro atoms. The van der Waals surface area contributed by atoms with Gasteiger partial charge in [0, 0.05) is 50.4 Å². The number of alkyl halides is 1. The summed E-state index contributed by atoms with van der Waals surface area (Å²) in [6, 6.07) is 3.18. The van der Waals surface area contributed by atoms with Gasteiger partial charge in [-0.05, 0) is 69.5 Å². The molecule has 2 aliphatic rings. The molecular formula is C28H39FN6O4. The highest BCUT2D eigenvalue weighted by atomic mass is 19.1. The molecule has 212 valence electrons. The Balaban J connectivity index is 1.30. The van der Waals surface area contributed by atoms with Crippen LogP contribution in [0.2, 0.25) is 0 Å². The first-order valence-corrected chi connectivity index (χ1v) is 13.8. The molecule has 2 unspecified atom stereocenters. The lowest BCUT2D eigenvalue weighted by atomic mass is 9.97. The molecule has 39 heavy (non-hydrogen) atoms. The Kier molecular flexibility index (Phi) is 10.2. The molecule has 4 rings (SSSR count). The number of carbonyl (C=O) groups is 2. The summed E-state index contributed by atoms with van der Waals surface area (Å²) in [6.45, 7) is 1.72. The van der Waals surface area contributed by atoms with Crippen molar-refractivity contribution in [3.8, 4) is 0 Å². The molecule has 1 aliphatic carbocycles. The lowest BCUT2D eigenvalue weighted by Crippen LogP contribution is -2.47. The maximum absolute atomic E-state index is 13.4. The van der Waals surface area contributed by atoms with Gasteiger partial charge in [-0.25, -0.2) is 24.1 Å². The van der Waals surface area contributed by atoms with Crippen LogP contribution >= 0.6 is 0 Å². The van der Waals surface area contributed by atoms with Crippen LogP contribution in [0.4, 0.5) is 10.2 Å². The van der Waals surface area contributed by atoms with E-state index in [1.807, 2.05) is 4.90 Å². The average molecular weight is 543 g/mol. The lowest BCUT2D eigenvalue weighted by Gasteiger charge is -2.27. The van der Waals surface area contributed by atoms with Crippen LogP contribution in [0, 0.1) is 0 Å². The minimum Gasteiger partial charge on any atom is -0.480 e. The monoisotopic (exact) mass is 542 g/mol. The van der Waals surface area contributed by atoms with E-state index in [1.54, 1.807) is 12.4 Å². The number of anilines is 1. The Labute approximate surface area is 228 Å². The van der Waals surface area contributed by atoms with Crippen LogP contribution in [0.3, 0.4) is 0 Å². The number of methoxy groups -OCH3 is 1. The molecule has 2 atom stereocenters. The number of unbranched alkanes of at least 4 members (excludes halogenated alkanes) is 1. The summed E-state index contributed by atoms with van der Waals surface area (Å²) < 4.78 is 18.7. The third-order valence-electron chi connectivity index (χ3n) is 7.71. The van der Waals surface area contributed by atoms with E-state index < -0.39 is 30.2 Å². The number of carboxylic acid groups (broad SMARTS) is 1. The Hall–Kier alpha value is -3.18. The number of hydrogen-bond donors (Lipinski definition) is 3. The number of aromatic nitrogens is 3. The number of rotatable bonds is 16. The van der Waals surface area contributed by atoms with Crippen LogP contribution in [-0.2, 0) is 32.6 Å². The molecule has 1 aliphatic heterocycles. The third kappa shape index (κ3) is 7.69. The summed E-state index contributed by atoms with van der Waals surface area (Å²) in [4.78, 5) is 39.9. The number of aliphatic carboxylic acids is 1. The largest absolute Gasteiger partial charge is 0.480 e. The average Bonchev–Trinajstić information content (AvgIpc) is 3.78. The summed E-state index contributed by atoms with van der Waals surface area (Å²) in [5.41, 5.74) is 2.24. The zero-order chi connectivity index (χ0) is 27.7. The highest BCUT2D eigenvalue weighted by Gasteiger charge is 2.52. The summed E-state index contributed by atoms with van der Waals surface area (Å²) >= 11 is 0. The van der Waals surface area contributed by atoms with E-state index in [1.165, 1.54) is 19.0 Å². The van der Waals surface area contributed by atoms with E-state index in [0.29, 0.717) is 38.0 Å². The Morgan fingerprint density at radius 3 is 2.72 bits per heavy atom. The number of nitrogens with one attached hydrogen (secondary N) is 2. The van der Waals surface area contributed by atoms with Crippen molar-refractivity contribution in [2.24, 2.45) is 0 Å². The van der Waals surface area contributed by atoms with Crippen molar-refractivity contribution in [1.82, 2.24) is 25.2 Å². The molecule has 3 N–H and O–H groups in total. The Morgan fingerprint density at radius 1 is 1.23 bits per heavy atom. The van der Waals surface area contributed by atoms with Gasteiger partial charge >= 0.3 is 5.97 Å². The van der Waals surface area contributed by atoms with Crippen molar-refractivity contribution in [2.45, 2.75) is 68.9 Å². The molecule has 3 heterocycles. The second-order valence-electron chi connectivity index (χ2n) is 10.5. The number of pyridine rings is 1. The fourth-order valence-corrected chi connectivity index (χ4v) is 5.10. The van der Waals surface area contributed by atoms with Crippen molar-refractivity contribution in [3.05, 3.63) is 47.7 Å². The molecule has 1 amide bonds. The van der Waals surface area contributed by atoms with Gasteiger partial charge in [0.1, 0.15) is 24.9 Å². The van der Waals surface area contributed by atoms with Gasteiger partial charge in [-0.3, -0.25) is 4.79 Å². The molecule has 0 bridgehead atoms. The van der Waals surface area contributed by atoms with Crippen molar-refractivity contribution in [3.63, 3.8) is 0 Å². The minimum absolute atomic E-state index is 0.198. The van der Waals surface area contributed by atoms with Gasteiger partial charge in [0.15, 0.2) is 0 Å². The van der Waals surface area contributed by atoms with Crippen LogP contribution < -0.4 is 10.6 Å². The van der Waals surface area contributed by atoms with Crippen LogP contribution in [0.15, 0.2) is 30.9 Å². The van der Waals surface area contributed by atoms with Gasteiger partial charge in [-0.15, -0.1) is 0 Å². The smallest absolute Gasteiger partial charge is 0.326 e. The van der Waals surface area contributed by atoms with Crippen molar-refractivity contribution in [2.75, 3.05) is 45.3 Å². The highest BCUT2D eigenvalue weighted by Crippen LogP contribution is 2.48. The standard InChI is InChI=1S/C28H39FN6O4/c1-39-23(15-29)18-35(13-3-2-6-22-8-7-20-5-4-12-32-25(20)33-22)14-9-24(26(36)37)34-27(38)28(10-11-28)21-16-30-19-31-17-21/h7-8,16-17,19,23-24H,2-6,9-15,18H2,1H3,(H,32,33)(H,34,38)(H,36,37). The summed E-state index contributed by atoms with van der Waals surface area (Å²) in [5, 5.41) is 15.9. The first-order chi connectivity index (χ1) is 18.9. The molecule has 0 radical (unpaired) electrons. The van der Waals surface area contributed by atoms with Crippen molar-refractivity contribution in [1.29, 1.82) is 0 Å². The number of halogens is 1. The quantitative estimate of drug-likeness (QED) is 0.274. The van der Waals surface area contributed by atoms with E-state index in [2.05, 4.69) is 32.7 Å². The fourth-order valence-electron chi connectivity index (χ4n) is 5.10. The number of carbonyl (C=O) groups excluding carboxylic acids is 1. The number of ether oxygens (including phenoxy) is 1. The van der Waals surface area contributed by atoms with E-state index >= 15 is 0 Å². The van der Waals surface area contributed by atoms with Crippen LogP contribution in [-0.4, -0.2) is 88.9 Å². The van der Waals surface area contributed by atoms with E-state index in [-0.39, 0.29) is 12.3 Å². The van der Waals surface area contributed by atoms with Gasteiger partial charge in [0.05, 0.1) is 11.5 Å². The van der Waals surface area contributed by atoms with Gasteiger partial charge in [-0.1, -0.05) is 6.07 Å². The van der Waals surface area contributed by atoms with Gasteiger partial charge in [-0.2, -0.15) is 0 Å². The predicted octanol–water partition coefficient (Wildman–Crippen LogP) is 2.53. The highest BCUT2D eigenvalue weighted by molar-refractivity contribution is 5.93. The van der Waals surface area contributed by atoms with Gasteiger partial charge < -0.3 is 25.4 Å². The molecule has 1 fully saturated rings. The van der Waals surface area contributed by atoms with Crippen LogP contribution in [0.25, 0.3) is 0 Å². The molecular weight excluding hydrogens is 503 g/mol. The number of fused-ring (bicyclic) bond motifs is 1. The maximum atomic E-state index is 13.4. The molecule has 1 saturated carbocycles. The second-order valence-corrected chi connectivity index (χ2v) is 10.5. The molecule has 10 nitrogen and oxygen atoms in total. The molecule has 0 saturated heterocycles. The third-order valence-corrected chi connectivity index (χ3v) is 7.71. The first-order valence-electron chi connectivity index (χ1n) is 13.8. The first kappa shape index (κ1) is 28.8. The zero-order valence-electron chi connectivity index (χ0n) is 22.6. The number of nitrogens with zero attached hydrogens (tertiary/aromatic N) is 4. The summed E-state index contributed by atoms with van der Waals surface area (Å²) in [6.07, 6.45) is 10.2. The normalized spacial score (nSPS) is 17.1. The topological polar surface area (TPSA) is 130 Å². The molecule has 2 aromatic rings. The molecule has 11 heteroatoms. The summed E-state index contributed by atoms with van der Waals surface area (Å²) in [7, 11) is 1.47. The van der Waals surface area contributed by atoms with Gasteiger partial charge in [0.2, 0.25) is 5.91 Å². The van der Waals surface area contributed by atoms with E-state index in [9.17, 15) is 19.1 Å². The lowest BCUT2D eigenvalue weighted by molar-refractivity contribution is -0.142. The zero-order valence-corrected chi connectivity index (χ0v) is 22.6. The Morgan fingerprint density at radius 2 is 2.03 bits per heavy atom. The summed E-state index contributed by atoms with van der Waals surface area (Å²) in [5.74, 6) is -0.424. The Bertz CT molecular complexity index is 1100. The van der Waals surface area contributed by atoms with Crippen molar-refractivity contribution >= 4 is 17.7 Å². The molecule has 2 aromatic heterocycles. The number of hydrogen-bond acceptors (Lipinski definition) is 8. The van der Waals surface area contributed by atoms with Crippen LogP contribution in [0.5, 0.6) is 0 Å². The maximum Gasteiger partial charge on any atom is 0.326 e.